The molecule has 1 aromatic rings. The normalized spacial score (nSPS) is 20.1. The average molecular weight is 295 g/mol. The maximum absolute atomic E-state index is 11.8. The second-order valence-corrected chi connectivity index (χ2v) is 7.28. The van der Waals surface area contributed by atoms with E-state index in [0.29, 0.717) is 17.3 Å². The molecule has 0 spiro atoms. The molecule has 2 amide bonds. The Balaban J connectivity index is 2.13. The molecule has 0 bridgehead atoms. The Morgan fingerprint density at radius 1 is 1.60 bits per heavy atom. The summed E-state index contributed by atoms with van der Waals surface area (Å²) < 4.78 is 0. The molecular formula is C14H21N3O2S. The largest absolute Gasteiger partial charge is 0.323 e. The van der Waals surface area contributed by atoms with Crippen LogP contribution in [0.5, 0.6) is 0 Å². The Bertz CT molecular complexity index is 524. The highest BCUT2D eigenvalue weighted by atomic mass is 32.1. The number of thiazole rings is 1. The van der Waals surface area contributed by atoms with Gasteiger partial charge in [0.15, 0.2) is 5.13 Å². The van der Waals surface area contributed by atoms with Crippen molar-refractivity contribution in [1.29, 1.82) is 0 Å². The molecule has 110 valence electrons. The van der Waals surface area contributed by atoms with Gasteiger partial charge >= 0.3 is 6.03 Å². The minimum atomic E-state index is -0.296. The summed E-state index contributed by atoms with van der Waals surface area (Å²) in [5, 5.41) is 3.39. The molecule has 1 heterocycles. The van der Waals surface area contributed by atoms with Crippen molar-refractivity contribution in [2.75, 3.05) is 18.9 Å². The molecular weight excluding hydrogens is 274 g/mol. The van der Waals surface area contributed by atoms with Crippen LogP contribution in [0.3, 0.4) is 0 Å². The third-order valence-corrected chi connectivity index (χ3v) is 4.83. The number of rotatable bonds is 3. The lowest BCUT2D eigenvalue weighted by Gasteiger charge is -2.32. The van der Waals surface area contributed by atoms with Gasteiger partial charge in [-0.25, -0.2) is 9.78 Å². The van der Waals surface area contributed by atoms with E-state index in [0.717, 1.165) is 18.5 Å². The van der Waals surface area contributed by atoms with Gasteiger partial charge in [-0.1, -0.05) is 20.8 Å². The number of amides is 2. The Labute approximate surface area is 123 Å². The predicted octanol–water partition coefficient (Wildman–Crippen LogP) is 2.88. The fraction of sp³-hybridized carbons (Fsp3) is 0.643. The van der Waals surface area contributed by atoms with E-state index in [9.17, 15) is 9.59 Å². The van der Waals surface area contributed by atoms with Crippen LogP contribution in [0.2, 0.25) is 0 Å². The first-order valence-corrected chi connectivity index (χ1v) is 7.59. The number of nitrogens with zero attached hydrogens (tertiary/aromatic N) is 2. The van der Waals surface area contributed by atoms with E-state index in [1.807, 2.05) is 0 Å². The van der Waals surface area contributed by atoms with Crippen LogP contribution in [0.15, 0.2) is 0 Å². The van der Waals surface area contributed by atoms with E-state index in [1.165, 1.54) is 9.78 Å². The number of fused-ring (bicyclic) bond motifs is 1. The van der Waals surface area contributed by atoms with Gasteiger partial charge in [0.05, 0.1) is 12.2 Å². The number of likely N-dealkylation sites (N-methyl/N-ethyl adjacent to an activating group) is 1. The third kappa shape index (κ3) is 3.17. The lowest BCUT2D eigenvalue weighted by atomic mass is 9.74. The first kappa shape index (κ1) is 15.0. The summed E-state index contributed by atoms with van der Waals surface area (Å²) in [5.74, 6) is 0.476. The smallest absolute Gasteiger partial charge is 0.321 e. The third-order valence-electron chi connectivity index (χ3n) is 3.59. The highest BCUT2D eigenvalue weighted by Gasteiger charge is 2.33. The van der Waals surface area contributed by atoms with Crippen LogP contribution in [-0.2, 0) is 11.2 Å². The molecule has 5 nitrogen and oxygen atoms in total. The zero-order valence-corrected chi connectivity index (χ0v) is 13.2. The van der Waals surface area contributed by atoms with Crippen molar-refractivity contribution in [2.45, 2.75) is 39.5 Å². The van der Waals surface area contributed by atoms with Crippen LogP contribution in [0, 0.1) is 5.41 Å². The van der Waals surface area contributed by atoms with E-state index in [2.05, 4.69) is 31.1 Å². The highest BCUT2D eigenvalue weighted by molar-refractivity contribution is 7.16. The summed E-state index contributed by atoms with van der Waals surface area (Å²) in [7, 11) is 1.59. The van der Waals surface area contributed by atoms with Gasteiger partial charge in [0.25, 0.3) is 0 Å². The second-order valence-electron chi connectivity index (χ2n) is 6.25. The monoisotopic (exact) mass is 295 g/mol. The Morgan fingerprint density at radius 3 is 2.95 bits per heavy atom. The van der Waals surface area contributed by atoms with Gasteiger partial charge < -0.3 is 9.69 Å². The van der Waals surface area contributed by atoms with Gasteiger partial charge in [-0.3, -0.25) is 5.32 Å². The number of urea groups is 1. The van der Waals surface area contributed by atoms with Crippen LogP contribution >= 0.6 is 11.3 Å². The summed E-state index contributed by atoms with van der Waals surface area (Å²) >= 11 is 1.55. The van der Waals surface area contributed by atoms with E-state index < -0.39 is 0 Å². The van der Waals surface area contributed by atoms with Crippen LogP contribution < -0.4 is 5.32 Å². The lowest BCUT2D eigenvalue weighted by molar-refractivity contribution is -0.108. The molecule has 1 atom stereocenters. The topological polar surface area (TPSA) is 62.3 Å². The minimum absolute atomic E-state index is 0.0837. The van der Waals surface area contributed by atoms with Crippen LogP contribution in [0.25, 0.3) is 0 Å². The summed E-state index contributed by atoms with van der Waals surface area (Å²) in [6.07, 6.45) is 2.79. The van der Waals surface area contributed by atoms with Gasteiger partial charge in [-0.15, -0.1) is 11.3 Å². The number of nitrogens with one attached hydrogen (secondary N) is 1. The molecule has 0 aliphatic heterocycles. The molecule has 20 heavy (non-hydrogen) atoms. The minimum Gasteiger partial charge on any atom is -0.321 e. The zero-order valence-electron chi connectivity index (χ0n) is 12.4. The van der Waals surface area contributed by atoms with Crippen molar-refractivity contribution in [1.82, 2.24) is 9.88 Å². The van der Waals surface area contributed by atoms with Gasteiger partial charge in [0.2, 0.25) is 0 Å². The molecule has 0 fully saturated rings. The summed E-state index contributed by atoms with van der Waals surface area (Å²) in [5.41, 5.74) is 1.36. The summed E-state index contributed by atoms with van der Waals surface area (Å²) in [6, 6.07) is -0.296. The van der Waals surface area contributed by atoms with Gasteiger partial charge in [-0.2, -0.15) is 0 Å². The predicted molar refractivity (Wildman–Crippen MR) is 80.3 cm³/mol. The Hall–Kier alpha value is -1.43. The molecule has 0 saturated carbocycles. The van der Waals surface area contributed by atoms with Crippen molar-refractivity contribution in [3.05, 3.63) is 10.6 Å². The van der Waals surface area contributed by atoms with Crippen LogP contribution in [-0.4, -0.2) is 35.8 Å². The Kier molecular flexibility index (Phi) is 4.13. The van der Waals surface area contributed by atoms with E-state index in [4.69, 9.17) is 0 Å². The molecule has 6 heteroatoms. The average Bonchev–Trinajstić information content (AvgIpc) is 2.70. The number of carbonyl (C=O) groups excluding carboxylic acids is 2. The van der Waals surface area contributed by atoms with Crippen LogP contribution in [0.4, 0.5) is 9.93 Å². The van der Waals surface area contributed by atoms with Gasteiger partial charge in [0.1, 0.15) is 6.29 Å². The van der Waals surface area contributed by atoms with E-state index in [-0.39, 0.29) is 18.0 Å². The zero-order chi connectivity index (χ0) is 14.9. The fourth-order valence-corrected chi connectivity index (χ4v) is 3.78. The summed E-state index contributed by atoms with van der Waals surface area (Å²) in [6.45, 7) is 6.80. The molecule has 1 aliphatic rings. The second kappa shape index (κ2) is 5.52. The van der Waals surface area contributed by atoms with Crippen molar-refractivity contribution in [2.24, 2.45) is 5.41 Å². The van der Waals surface area contributed by atoms with Gasteiger partial charge in [-0.05, 0) is 24.2 Å². The highest BCUT2D eigenvalue weighted by Crippen LogP contribution is 2.44. The van der Waals surface area contributed by atoms with Crippen molar-refractivity contribution in [3.8, 4) is 0 Å². The van der Waals surface area contributed by atoms with E-state index >= 15 is 0 Å². The van der Waals surface area contributed by atoms with Crippen LogP contribution in [0.1, 0.15) is 43.7 Å². The number of carbonyl (C=O) groups is 2. The maximum Gasteiger partial charge on any atom is 0.323 e. The number of hydrogen-bond donors (Lipinski definition) is 1. The number of anilines is 1. The van der Waals surface area contributed by atoms with Gasteiger partial charge in [0, 0.05) is 11.9 Å². The van der Waals surface area contributed by atoms with E-state index in [1.54, 1.807) is 18.4 Å². The number of hydrogen-bond acceptors (Lipinski definition) is 4. The number of aldehydes is 1. The molecule has 2 rings (SSSR count). The molecule has 1 aliphatic carbocycles. The summed E-state index contributed by atoms with van der Waals surface area (Å²) in [4.78, 5) is 29.4. The molecule has 0 saturated heterocycles. The fourth-order valence-electron chi connectivity index (χ4n) is 2.76. The molecule has 1 unspecified atom stereocenters. The Morgan fingerprint density at radius 2 is 2.30 bits per heavy atom. The molecule has 0 aromatic carbocycles. The first-order chi connectivity index (χ1) is 9.32. The van der Waals surface area contributed by atoms with Crippen molar-refractivity contribution < 1.29 is 9.59 Å². The van der Waals surface area contributed by atoms with Crippen molar-refractivity contribution in [3.63, 3.8) is 0 Å². The maximum atomic E-state index is 11.8. The molecule has 1 N–H and O–H groups in total. The molecule has 0 radical (unpaired) electrons. The molecule has 1 aromatic heterocycles. The van der Waals surface area contributed by atoms with Crippen molar-refractivity contribution >= 4 is 28.8 Å². The first-order valence-electron chi connectivity index (χ1n) is 6.78. The lowest BCUT2D eigenvalue weighted by Crippen LogP contribution is -2.32. The number of aromatic nitrogens is 1. The standard InChI is InChI=1S/C14H21N3O2S/c1-9-7-14(2,3)8-10-11(9)20-12(15-10)16-13(19)17(4)5-6-18/h6,9H,5,7-8H2,1-4H3,(H,15,16,19). The SMILES string of the molecule is CC1CC(C)(C)Cc2nc(NC(=O)N(C)CC=O)sc21. The quantitative estimate of drug-likeness (QED) is 0.872.